The van der Waals surface area contributed by atoms with Crippen LogP contribution < -0.4 is 14.8 Å². The molecule has 0 aliphatic heterocycles. The number of methoxy groups -OCH3 is 2. The maximum absolute atomic E-state index is 11.2. The first-order chi connectivity index (χ1) is 8.71. The first-order valence-corrected chi connectivity index (χ1v) is 5.44. The number of anilines is 1. The number of amides is 1. The maximum atomic E-state index is 11.2. The molecule has 98 valence electrons. The predicted molar refractivity (Wildman–Crippen MR) is 69.2 cm³/mol. The summed E-state index contributed by atoms with van der Waals surface area (Å²) in [6, 6.07) is 5.14. The van der Waals surface area contributed by atoms with E-state index in [-0.39, 0.29) is 5.91 Å². The average molecular weight is 251 g/mol. The molecule has 0 spiro atoms. The quantitative estimate of drug-likeness (QED) is 0.593. The van der Waals surface area contributed by atoms with E-state index >= 15 is 0 Å². The summed E-state index contributed by atoms with van der Waals surface area (Å²) in [6.07, 6.45) is 1.20. The second-order valence-corrected chi connectivity index (χ2v) is 3.40. The van der Waals surface area contributed by atoms with E-state index in [1.165, 1.54) is 6.08 Å². The summed E-state index contributed by atoms with van der Waals surface area (Å²) in [6.45, 7) is 4.28. The molecule has 1 rings (SSSR count). The molecule has 5 heteroatoms. The van der Waals surface area contributed by atoms with Crippen LogP contribution in [0, 0.1) is 0 Å². The van der Waals surface area contributed by atoms with Crippen LogP contribution in [-0.2, 0) is 9.53 Å². The number of benzene rings is 1. The Bertz CT molecular complexity index is 417. The van der Waals surface area contributed by atoms with E-state index in [1.54, 1.807) is 32.4 Å². The van der Waals surface area contributed by atoms with Crippen LogP contribution in [0.1, 0.15) is 0 Å². The van der Waals surface area contributed by atoms with Crippen molar-refractivity contribution in [1.82, 2.24) is 0 Å². The Balaban J connectivity index is 2.80. The molecule has 0 bridgehead atoms. The second-order valence-electron chi connectivity index (χ2n) is 3.40. The van der Waals surface area contributed by atoms with Crippen LogP contribution in [-0.4, -0.2) is 33.3 Å². The summed E-state index contributed by atoms with van der Waals surface area (Å²) in [5, 5.41) is 2.65. The zero-order valence-corrected chi connectivity index (χ0v) is 10.6. The lowest BCUT2D eigenvalue weighted by molar-refractivity contribution is -0.111. The van der Waals surface area contributed by atoms with E-state index in [0.29, 0.717) is 30.4 Å². The first-order valence-electron chi connectivity index (χ1n) is 5.44. The van der Waals surface area contributed by atoms with Crippen molar-refractivity contribution in [3.63, 3.8) is 0 Å². The lowest BCUT2D eigenvalue weighted by Crippen LogP contribution is -2.09. The van der Waals surface area contributed by atoms with Crippen molar-refractivity contribution in [2.45, 2.75) is 0 Å². The van der Waals surface area contributed by atoms with Crippen molar-refractivity contribution in [1.29, 1.82) is 0 Å². The summed E-state index contributed by atoms with van der Waals surface area (Å²) >= 11 is 0. The van der Waals surface area contributed by atoms with Gasteiger partial charge in [-0.2, -0.15) is 0 Å². The molecule has 5 nitrogen and oxygen atoms in total. The molecule has 0 unspecified atom stereocenters. The number of nitrogens with one attached hydrogen (secondary N) is 1. The topological polar surface area (TPSA) is 56.8 Å². The van der Waals surface area contributed by atoms with Crippen LogP contribution in [0.25, 0.3) is 0 Å². The number of hydrogen-bond donors (Lipinski definition) is 1. The lowest BCUT2D eigenvalue weighted by atomic mass is 10.2. The molecule has 0 heterocycles. The van der Waals surface area contributed by atoms with Crippen molar-refractivity contribution in [3.8, 4) is 11.5 Å². The minimum Gasteiger partial charge on any atom is -0.493 e. The fraction of sp³-hybridized carbons (Fsp3) is 0.308. The zero-order valence-electron chi connectivity index (χ0n) is 10.6. The van der Waals surface area contributed by atoms with Gasteiger partial charge in [0, 0.05) is 18.9 Å². The van der Waals surface area contributed by atoms with Crippen LogP contribution in [0.5, 0.6) is 11.5 Å². The summed E-state index contributed by atoms with van der Waals surface area (Å²) < 4.78 is 15.6. The fourth-order valence-electron chi connectivity index (χ4n) is 1.30. The van der Waals surface area contributed by atoms with Crippen LogP contribution in [0.3, 0.4) is 0 Å². The molecule has 1 amide bonds. The standard InChI is InChI=1S/C13H17NO4/c1-4-13(15)14-10-5-6-11(17-3)12(9-10)18-8-7-16-2/h4-6,9H,1,7-8H2,2-3H3,(H,14,15). The average Bonchev–Trinajstić information content (AvgIpc) is 2.39. The molecular formula is C13H17NO4. The van der Waals surface area contributed by atoms with Crippen LogP contribution in [0.4, 0.5) is 5.69 Å². The van der Waals surface area contributed by atoms with Gasteiger partial charge >= 0.3 is 0 Å². The van der Waals surface area contributed by atoms with Gasteiger partial charge in [0.2, 0.25) is 5.91 Å². The van der Waals surface area contributed by atoms with E-state index in [9.17, 15) is 4.79 Å². The first kappa shape index (κ1) is 14.1. The van der Waals surface area contributed by atoms with Gasteiger partial charge in [0.05, 0.1) is 13.7 Å². The molecule has 1 aromatic rings. The minimum atomic E-state index is -0.275. The third-order valence-electron chi connectivity index (χ3n) is 2.16. The van der Waals surface area contributed by atoms with Crippen LogP contribution >= 0.6 is 0 Å². The molecule has 1 N–H and O–H groups in total. The largest absolute Gasteiger partial charge is 0.493 e. The monoisotopic (exact) mass is 251 g/mol. The van der Waals surface area contributed by atoms with Gasteiger partial charge in [-0.1, -0.05) is 6.58 Å². The Morgan fingerprint density at radius 1 is 1.33 bits per heavy atom. The van der Waals surface area contributed by atoms with E-state index in [0.717, 1.165) is 0 Å². The number of ether oxygens (including phenoxy) is 3. The van der Waals surface area contributed by atoms with Gasteiger partial charge in [0.25, 0.3) is 0 Å². The zero-order chi connectivity index (χ0) is 13.4. The molecule has 0 aliphatic rings. The molecule has 0 saturated carbocycles. The Kier molecular flexibility index (Phi) is 5.73. The third-order valence-corrected chi connectivity index (χ3v) is 2.16. The van der Waals surface area contributed by atoms with Crippen molar-refractivity contribution < 1.29 is 19.0 Å². The van der Waals surface area contributed by atoms with Crippen molar-refractivity contribution >= 4 is 11.6 Å². The normalized spacial score (nSPS) is 9.67. The van der Waals surface area contributed by atoms with E-state index < -0.39 is 0 Å². The molecule has 0 fully saturated rings. The Morgan fingerprint density at radius 3 is 2.72 bits per heavy atom. The molecule has 0 saturated heterocycles. The summed E-state index contributed by atoms with van der Waals surface area (Å²) in [4.78, 5) is 11.2. The fourth-order valence-corrected chi connectivity index (χ4v) is 1.30. The maximum Gasteiger partial charge on any atom is 0.247 e. The van der Waals surface area contributed by atoms with E-state index in [1.807, 2.05) is 0 Å². The number of rotatable bonds is 7. The van der Waals surface area contributed by atoms with Gasteiger partial charge in [0.15, 0.2) is 11.5 Å². The summed E-state index contributed by atoms with van der Waals surface area (Å²) in [5.41, 5.74) is 0.619. The molecular weight excluding hydrogens is 234 g/mol. The second kappa shape index (κ2) is 7.34. The number of carbonyl (C=O) groups is 1. The van der Waals surface area contributed by atoms with Crippen molar-refractivity contribution in [3.05, 3.63) is 30.9 Å². The summed E-state index contributed by atoms with van der Waals surface area (Å²) in [7, 11) is 3.15. The highest BCUT2D eigenvalue weighted by atomic mass is 16.5. The lowest BCUT2D eigenvalue weighted by Gasteiger charge is -2.12. The molecule has 1 aromatic carbocycles. The van der Waals surface area contributed by atoms with Gasteiger partial charge in [-0.3, -0.25) is 4.79 Å². The van der Waals surface area contributed by atoms with Crippen LogP contribution in [0.15, 0.2) is 30.9 Å². The van der Waals surface area contributed by atoms with Crippen molar-refractivity contribution in [2.75, 3.05) is 32.8 Å². The van der Waals surface area contributed by atoms with E-state index in [4.69, 9.17) is 14.2 Å². The predicted octanol–water partition coefficient (Wildman–Crippen LogP) is 1.84. The molecule has 0 atom stereocenters. The minimum absolute atomic E-state index is 0.275. The third kappa shape index (κ3) is 4.10. The van der Waals surface area contributed by atoms with Gasteiger partial charge in [-0.05, 0) is 18.2 Å². The summed E-state index contributed by atoms with van der Waals surface area (Å²) in [5.74, 6) is 0.877. The Hall–Kier alpha value is -2.01. The number of carbonyl (C=O) groups excluding carboxylic acids is 1. The Labute approximate surface area is 106 Å². The highest BCUT2D eigenvalue weighted by Crippen LogP contribution is 2.30. The molecule has 0 aromatic heterocycles. The smallest absolute Gasteiger partial charge is 0.247 e. The van der Waals surface area contributed by atoms with Crippen LogP contribution in [0.2, 0.25) is 0 Å². The van der Waals surface area contributed by atoms with Gasteiger partial charge in [-0.25, -0.2) is 0 Å². The SMILES string of the molecule is C=CC(=O)Nc1ccc(OC)c(OCCOC)c1. The molecule has 0 aliphatic carbocycles. The van der Waals surface area contributed by atoms with E-state index in [2.05, 4.69) is 11.9 Å². The van der Waals surface area contributed by atoms with Gasteiger partial charge in [-0.15, -0.1) is 0 Å². The highest BCUT2D eigenvalue weighted by Gasteiger charge is 2.06. The van der Waals surface area contributed by atoms with Crippen molar-refractivity contribution in [2.24, 2.45) is 0 Å². The van der Waals surface area contributed by atoms with Gasteiger partial charge < -0.3 is 19.5 Å². The molecule has 0 radical (unpaired) electrons. The van der Waals surface area contributed by atoms with Gasteiger partial charge in [0.1, 0.15) is 6.61 Å². The highest BCUT2D eigenvalue weighted by molar-refractivity contribution is 5.99. The molecule has 18 heavy (non-hydrogen) atoms. The Morgan fingerprint density at radius 2 is 2.11 bits per heavy atom. The number of hydrogen-bond acceptors (Lipinski definition) is 4.